The molecule has 22 heavy (non-hydrogen) atoms. The van der Waals surface area contributed by atoms with Crippen LogP contribution in [0.5, 0.6) is 0 Å². The second kappa shape index (κ2) is 4.96. The van der Waals surface area contributed by atoms with Gasteiger partial charge in [0.1, 0.15) is 5.82 Å². The van der Waals surface area contributed by atoms with Crippen molar-refractivity contribution < 1.29 is 0 Å². The van der Waals surface area contributed by atoms with Crippen molar-refractivity contribution in [2.45, 2.75) is 0 Å². The average molecular weight is 288 g/mol. The minimum Gasteiger partial charge on any atom is -0.311 e. The van der Waals surface area contributed by atoms with E-state index in [2.05, 4.69) is 15.0 Å². The summed E-state index contributed by atoms with van der Waals surface area (Å²) in [5.74, 6) is 0.700. The van der Waals surface area contributed by atoms with Gasteiger partial charge < -0.3 is 4.98 Å². The zero-order chi connectivity index (χ0) is 14.9. The van der Waals surface area contributed by atoms with E-state index in [9.17, 15) is 4.79 Å². The van der Waals surface area contributed by atoms with Crippen LogP contribution in [0, 0.1) is 0 Å². The predicted molar refractivity (Wildman–Crippen MR) is 84.9 cm³/mol. The van der Waals surface area contributed by atoms with Crippen LogP contribution in [0.2, 0.25) is 0 Å². The van der Waals surface area contributed by atoms with E-state index in [0.717, 1.165) is 11.3 Å². The quantitative estimate of drug-likeness (QED) is 0.617. The highest BCUT2D eigenvalue weighted by molar-refractivity contribution is 5.79. The van der Waals surface area contributed by atoms with Gasteiger partial charge in [0.2, 0.25) is 0 Å². The third-order valence-electron chi connectivity index (χ3n) is 3.50. The SMILES string of the molecule is O=c1[nH]cnc2c1nc(-c1ccccc1)n2-c1ccccc1. The van der Waals surface area contributed by atoms with Crippen LogP contribution in [0.4, 0.5) is 0 Å². The Morgan fingerprint density at radius 3 is 2.32 bits per heavy atom. The van der Waals surface area contributed by atoms with Gasteiger partial charge in [-0.15, -0.1) is 0 Å². The molecule has 2 aromatic heterocycles. The van der Waals surface area contributed by atoms with E-state index < -0.39 is 0 Å². The van der Waals surface area contributed by atoms with Crippen molar-refractivity contribution in [1.82, 2.24) is 19.5 Å². The molecule has 0 aliphatic carbocycles. The summed E-state index contributed by atoms with van der Waals surface area (Å²) < 4.78 is 1.90. The van der Waals surface area contributed by atoms with Crippen molar-refractivity contribution in [2.75, 3.05) is 0 Å². The third kappa shape index (κ3) is 1.91. The standard InChI is InChI=1S/C17H12N4O/c22-17-14-16(18-11-19-17)21(13-9-5-2-6-10-13)15(20-14)12-7-3-1-4-8-12/h1-11H,(H,18,19,22). The summed E-state index contributed by atoms with van der Waals surface area (Å²) in [6.07, 6.45) is 1.40. The molecule has 0 spiro atoms. The lowest BCUT2D eigenvalue weighted by Crippen LogP contribution is -2.07. The first-order valence-electron chi connectivity index (χ1n) is 6.91. The smallest absolute Gasteiger partial charge is 0.278 e. The molecule has 0 atom stereocenters. The molecule has 0 bridgehead atoms. The number of rotatable bonds is 2. The van der Waals surface area contributed by atoms with Gasteiger partial charge >= 0.3 is 0 Å². The fourth-order valence-electron chi connectivity index (χ4n) is 2.51. The second-order valence-corrected chi connectivity index (χ2v) is 4.88. The third-order valence-corrected chi connectivity index (χ3v) is 3.50. The van der Waals surface area contributed by atoms with Crippen LogP contribution in [0.25, 0.3) is 28.2 Å². The first-order chi connectivity index (χ1) is 10.8. The summed E-state index contributed by atoms with van der Waals surface area (Å²) in [6.45, 7) is 0. The van der Waals surface area contributed by atoms with Gasteiger partial charge in [0, 0.05) is 11.3 Å². The van der Waals surface area contributed by atoms with E-state index >= 15 is 0 Å². The van der Waals surface area contributed by atoms with Gasteiger partial charge in [-0.05, 0) is 12.1 Å². The molecule has 0 aliphatic rings. The van der Waals surface area contributed by atoms with E-state index in [1.54, 1.807) is 0 Å². The number of benzene rings is 2. The monoisotopic (exact) mass is 288 g/mol. The average Bonchev–Trinajstić information content (AvgIpc) is 2.97. The molecule has 4 rings (SSSR count). The zero-order valence-electron chi connectivity index (χ0n) is 11.6. The Balaban J connectivity index is 2.12. The summed E-state index contributed by atoms with van der Waals surface area (Å²) in [6, 6.07) is 19.6. The predicted octanol–water partition coefficient (Wildman–Crippen LogP) is 2.78. The first kappa shape index (κ1) is 12.5. The maximum Gasteiger partial charge on any atom is 0.278 e. The van der Waals surface area contributed by atoms with Crippen molar-refractivity contribution in [1.29, 1.82) is 0 Å². The molecular formula is C17H12N4O. The van der Waals surface area contributed by atoms with Crippen LogP contribution in [-0.4, -0.2) is 19.5 Å². The molecule has 5 nitrogen and oxygen atoms in total. The topological polar surface area (TPSA) is 63.6 Å². The number of H-pyrrole nitrogens is 1. The number of hydrogen-bond donors (Lipinski definition) is 1. The second-order valence-electron chi connectivity index (χ2n) is 4.88. The van der Waals surface area contributed by atoms with Crippen molar-refractivity contribution in [3.8, 4) is 17.1 Å². The van der Waals surface area contributed by atoms with Gasteiger partial charge in [0.05, 0.1) is 6.33 Å². The lowest BCUT2D eigenvalue weighted by atomic mass is 10.2. The summed E-state index contributed by atoms with van der Waals surface area (Å²) in [5.41, 5.74) is 2.50. The van der Waals surface area contributed by atoms with Gasteiger partial charge in [-0.3, -0.25) is 9.36 Å². The number of nitrogens with zero attached hydrogens (tertiary/aromatic N) is 3. The Labute approximate surface area is 125 Å². The van der Waals surface area contributed by atoms with Crippen molar-refractivity contribution in [3.63, 3.8) is 0 Å². The van der Waals surface area contributed by atoms with E-state index in [-0.39, 0.29) is 5.56 Å². The number of aromatic nitrogens is 4. The molecule has 4 aromatic rings. The van der Waals surface area contributed by atoms with E-state index in [0.29, 0.717) is 17.0 Å². The number of fused-ring (bicyclic) bond motifs is 1. The van der Waals surface area contributed by atoms with Gasteiger partial charge in [0.15, 0.2) is 11.2 Å². The maximum atomic E-state index is 12.0. The zero-order valence-corrected chi connectivity index (χ0v) is 11.6. The van der Waals surface area contributed by atoms with Crippen LogP contribution in [-0.2, 0) is 0 Å². The van der Waals surface area contributed by atoms with Crippen LogP contribution < -0.4 is 5.56 Å². The Bertz CT molecular complexity index is 988. The fourth-order valence-corrected chi connectivity index (χ4v) is 2.51. The summed E-state index contributed by atoms with van der Waals surface area (Å²) in [7, 11) is 0. The fraction of sp³-hybridized carbons (Fsp3) is 0. The molecule has 2 aromatic carbocycles. The van der Waals surface area contributed by atoms with Crippen LogP contribution in [0.3, 0.4) is 0 Å². The minimum atomic E-state index is -0.239. The molecule has 1 N–H and O–H groups in total. The highest BCUT2D eigenvalue weighted by Crippen LogP contribution is 2.25. The highest BCUT2D eigenvalue weighted by atomic mass is 16.1. The summed E-state index contributed by atoms with van der Waals surface area (Å²) >= 11 is 0. The molecular weight excluding hydrogens is 276 g/mol. The van der Waals surface area contributed by atoms with Gasteiger partial charge in [-0.25, -0.2) is 9.97 Å². The normalized spacial score (nSPS) is 10.9. The molecule has 106 valence electrons. The van der Waals surface area contributed by atoms with Crippen LogP contribution >= 0.6 is 0 Å². The van der Waals surface area contributed by atoms with Gasteiger partial charge in [0.25, 0.3) is 5.56 Å². The molecule has 0 saturated heterocycles. The van der Waals surface area contributed by atoms with Crippen molar-refractivity contribution in [2.24, 2.45) is 0 Å². The van der Waals surface area contributed by atoms with Crippen molar-refractivity contribution in [3.05, 3.63) is 77.3 Å². The van der Waals surface area contributed by atoms with Gasteiger partial charge in [-0.2, -0.15) is 0 Å². The molecule has 0 saturated carbocycles. The molecule has 0 unspecified atom stereocenters. The maximum absolute atomic E-state index is 12.0. The lowest BCUT2D eigenvalue weighted by Gasteiger charge is -2.08. The van der Waals surface area contributed by atoms with Crippen LogP contribution in [0.1, 0.15) is 0 Å². The number of hydrogen-bond acceptors (Lipinski definition) is 3. The van der Waals surface area contributed by atoms with E-state index in [1.807, 2.05) is 65.2 Å². The lowest BCUT2D eigenvalue weighted by molar-refractivity contribution is 1.06. The minimum absolute atomic E-state index is 0.239. The first-order valence-corrected chi connectivity index (χ1v) is 6.91. The highest BCUT2D eigenvalue weighted by Gasteiger charge is 2.16. The number of nitrogens with one attached hydrogen (secondary N) is 1. The Morgan fingerprint density at radius 2 is 1.59 bits per heavy atom. The van der Waals surface area contributed by atoms with E-state index in [1.165, 1.54) is 6.33 Å². The Kier molecular flexibility index (Phi) is 2.83. The summed E-state index contributed by atoms with van der Waals surface area (Å²) in [5, 5.41) is 0. The largest absolute Gasteiger partial charge is 0.311 e. The molecule has 0 fully saturated rings. The number of imidazole rings is 1. The molecule has 0 aliphatic heterocycles. The van der Waals surface area contributed by atoms with Crippen LogP contribution in [0.15, 0.2) is 71.8 Å². The number of aromatic amines is 1. The molecule has 0 amide bonds. The van der Waals surface area contributed by atoms with Gasteiger partial charge in [-0.1, -0.05) is 48.5 Å². The Hall–Kier alpha value is -3.21. The molecule has 0 radical (unpaired) electrons. The number of para-hydroxylation sites is 1. The summed E-state index contributed by atoms with van der Waals surface area (Å²) in [4.78, 5) is 23.4. The molecule has 5 heteroatoms. The Morgan fingerprint density at radius 1 is 0.909 bits per heavy atom. The molecule has 2 heterocycles. The van der Waals surface area contributed by atoms with Crippen molar-refractivity contribution >= 4 is 11.2 Å². The van der Waals surface area contributed by atoms with E-state index in [4.69, 9.17) is 0 Å².